The molecule has 0 aromatic heterocycles. The summed E-state index contributed by atoms with van der Waals surface area (Å²) in [5.74, 6) is 1.53. The van der Waals surface area contributed by atoms with Crippen molar-refractivity contribution in [3.8, 4) is 11.5 Å². The number of phenolic OH excluding ortho intramolecular Hbond substituents is 1. The molecule has 1 amide bonds. The number of aromatic hydroxyl groups is 1. The predicted octanol–water partition coefficient (Wildman–Crippen LogP) is 2.63. The third kappa shape index (κ3) is 7.66. The molecule has 0 spiro atoms. The quantitative estimate of drug-likeness (QED) is 0.273. The number of amides is 1. The number of guanidine groups is 1. The van der Waals surface area contributed by atoms with Crippen LogP contribution in [0.2, 0.25) is 0 Å². The van der Waals surface area contributed by atoms with Gasteiger partial charge in [0, 0.05) is 31.7 Å². The van der Waals surface area contributed by atoms with E-state index in [0.29, 0.717) is 25.1 Å². The summed E-state index contributed by atoms with van der Waals surface area (Å²) < 4.78 is 5.43. The Morgan fingerprint density at radius 1 is 1.10 bits per heavy atom. The maximum Gasteiger partial charge on any atom is 0.251 e. The first-order chi connectivity index (χ1) is 14.5. The molecule has 0 atom stereocenters. The number of nitrogens with one attached hydrogen (secondary N) is 3. The highest BCUT2D eigenvalue weighted by Gasteiger charge is 2.06. The lowest BCUT2D eigenvalue weighted by Gasteiger charge is -2.13. The SMILES string of the molecule is CCNC(=NCCCNC(=O)c1cccc(O)c1)NCCc1cc(C)ccc1OC. The molecule has 0 radical (unpaired) electrons. The average molecular weight is 413 g/mol. The summed E-state index contributed by atoms with van der Waals surface area (Å²) in [6.45, 7) is 6.70. The van der Waals surface area contributed by atoms with Crippen molar-refractivity contribution in [1.29, 1.82) is 0 Å². The topological polar surface area (TPSA) is 95.0 Å². The van der Waals surface area contributed by atoms with E-state index in [1.165, 1.54) is 17.7 Å². The van der Waals surface area contributed by atoms with Crippen LogP contribution in [0, 0.1) is 6.92 Å². The van der Waals surface area contributed by atoms with E-state index in [1.54, 1.807) is 19.2 Å². The number of benzene rings is 2. The number of nitrogens with zero attached hydrogens (tertiary/aromatic N) is 1. The summed E-state index contributed by atoms with van der Waals surface area (Å²) >= 11 is 0. The number of rotatable bonds is 10. The standard InChI is InChI=1S/C23H32N4O3/c1-4-24-23(27-14-11-18-15-17(2)9-10-21(18)30-3)26-13-6-12-25-22(29)19-7-5-8-20(28)16-19/h5,7-10,15-16,28H,4,6,11-14H2,1-3H3,(H,25,29)(H2,24,26,27). The third-order valence-corrected chi connectivity index (χ3v) is 4.47. The highest BCUT2D eigenvalue weighted by Crippen LogP contribution is 2.19. The Labute approximate surface area is 178 Å². The lowest BCUT2D eigenvalue weighted by molar-refractivity contribution is 0.0953. The molecule has 162 valence electrons. The first-order valence-corrected chi connectivity index (χ1v) is 10.3. The fourth-order valence-corrected chi connectivity index (χ4v) is 2.98. The molecular formula is C23H32N4O3. The smallest absolute Gasteiger partial charge is 0.251 e. The molecule has 2 rings (SSSR count). The van der Waals surface area contributed by atoms with Gasteiger partial charge in [0.15, 0.2) is 5.96 Å². The Bertz CT molecular complexity index is 852. The lowest BCUT2D eigenvalue weighted by atomic mass is 10.1. The number of aliphatic imine (C=N–C) groups is 1. The molecule has 0 aliphatic heterocycles. The number of methoxy groups -OCH3 is 1. The summed E-state index contributed by atoms with van der Waals surface area (Å²) in [5, 5.41) is 18.9. The van der Waals surface area contributed by atoms with Gasteiger partial charge in [-0.05, 0) is 56.5 Å². The third-order valence-electron chi connectivity index (χ3n) is 4.47. The molecule has 7 heteroatoms. The number of carbonyl (C=O) groups is 1. The molecule has 2 aromatic rings. The number of hydrogen-bond acceptors (Lipinski definition) is 4. The Morgan fingerprint density at radius 3 is 2.67 bits per heavy atom. The molecule has 0 bridgehead atoms. The summed E-state index contributed by atoms with van der Waals surface area (Å²) in [5.41, 5.74) is 2.81. The van der Waals surface area contributed by atoms with Crippen LogP contribution in [0.25, 0.3) is 0 Å². The van der Waals surface area contributed by atoms with Crippen LogP contribution in [0.5, 0.6) is 11.5 Å². The predicted molar refractivity (Wildman–Crippen MR) is 120 cm³/mol. The molecule has 0 aliphatic carbocycles. The maximum atomic E-state index is 12.1. The van der Waals surface area contributed by atoms with Gasteiger partial charge in [-0.15, -0.1) is 0 Å². The molecule has 0 saturated carbocycles. The van der Waals surface area contributed by atoms with Gasteiger partial charge in [-0.25, -0.2) is 0 Å². The van der Waals surface area contributed by atoms with Crippen LogP contribution in [0.15, 0.2) is 47.5 Å². The van der Waals surface area contributed by atoms with Crippen molar-refractivity contribution >= 4 is 11.9 Å². The largest absolute Gasteiger partial charge is 0.508 e. The second-order valence-corrected chi connectivity index (χ2v) is 6.91. The first kappa shape index (κ1) is 23.1. The normalized spacial score (nSPS) is 11.1. The zero-order valence-corrected chi connectivity index (χ0v) is 18.0. The van der Waals surface area contributed by atoms with Crippen LogP contribution < -0.4 is 20.7 Å². The zero-order valence-electron chi connectivity index (χ0n) is 18.0. The number of aryl methyl sites for hydroxylation is 1. The minimum Gasteiger partial charge on any atom is -0.508 e. The molecule has 4 N–H and O–H groups in total. The van der Waals surface area contributed by atoms with Gasteiger partial charge >= 0.3 is 0 Å². The molecule has 7 nitrogen and oxygen atoms in total. The molecule has 0 saturated heterocycles. The van der Waals surface area contributed by atoms with E-state index in [2.05, 4.69) is 33.9 Å². The van der Waals surface area contributed by atoms with E-state index in [4.69, 9.17) is 4.74 Å². The fourth-order valence-electron chi connectivity index (χ4n) is 2.98. The molecule has 0 fully saturated rings. The van der Waals surface area contributed by atoms with Gasteiger partial charge in [0.25, 0.3) is 5.91 Å². The van der Waals surface area contributed by atoms with E-state index < -0.39 is 0 Å². The van der Waals surface area contributed by atoms with Crippen LogP contribution >= 0.6 is 0 Å². The van der Waals surface area contributed by atoms with E-state index in [9.17, 15) is 9.90 Å². The molecule has 0 heterocycles. The van der Waals surface area contributed by atoms with Crippen LogP contribution in [-0.4, -0.2) is 50.3 Å². The second kappa shape index (κ2) is 12.4. The van der Waals surface area contributed by atoms with Gasteiger partial charge in [0.2, 0.25) is 0 Å². The van der Waals surface area contributed by atoms with E-state index >= 15 is 0 Å². The lowest BCUT2D eigenvalue weighted by Crippen LogP contribution is -2.38. The Morgan fingerprint density at radius 2 is 1.93 bits per heavy atom. The van der Waals surface area contributed by atoms with Crippen LogP contribution in [0.3, 0.4) is 0 Å². The number of phenols is 1. The van der Waals surface area contributed by atoms with Gasteiger partial charge in [0.1, 0.15) is 11.5 Å². The molecule has 0 aliphatic rings. The minimum absolute atomic E-state index is 0.0805. The summed E-state index contributed by atoms with van der Waals surface area (Å²) in [4.78, 5) is 16.6. The summed E-state index contributed by atoms with van der Waals surface area (Å²) in [7, 11) is 1.69. The van der Waals surface area contributed by atoms with E-state index in [1.807, 2.05) is 19.1 Å². The van der Waals surface area contributed by atoms with Gasteiger partial charge in [0.05, 0.1) is 7.11 Å². The van der Waals surface area contributed by atoms with Crippen molar-refractivity contribution in [1.82, 2.24) is 16.0 Å². The molecular weight excluding hydrogens is 380 g/mol. The summed E-state index contributed by atoms with van der Waals surface area (Å²) in [6, 6.07) is 12.5. The number of hydrogen-bond donors (Lipinski definition) is 4. The summed E-state index contributed by atoms with van der Waals surface area (Å²) in [6.07, 6.45) is 1.54. The Balaban J connectivity index is 1.76. The highest BCUT2D eigenvalue weighted by molar-refractivity contribution is 5.94. The maximum absolute atomic E-state index is 12.1. The van der Waals surface area contributed by atoms with Crippen molar-refractivity contribution in [3.63, 3.8) is 0 Å². The van der Waals surface area contributed by atoms with Crippen LogP contribution in [0.4, 0.5) is 0 Å². The Hall–Kier alpha value is -3.22. The monoisotopic (exact) mass is 412 g/mol. The van der Waals surface area contributed by atoms with Gasteiger partial charge < -0.3 is 25.8 Å². The fraction of sp³-hybridized carbons (Fsp3) is 0.391. The van der Waals surface area contributed by atoms with Crippen molar-refractivity contribution in [2.75, 3.05) is 33.3 Å². The number of carbonyl (C=O) groups excluding carboxylic acids is 1. The van der Waals surface area contributed by atoms with Crippen molar-refractivity contribution in [2.45, 2.75) is 26.7 Å². The van der Waals surface area contributed by atoms with Crippen LogP contribution in [0.1, 0.15) is 34.8 Å². The first-order valence-electron chi connectivity index (χ1n) is 10.3. The van der Waals surface area contributed by atoms with Crippen LogP contribution in [-0.2, 0) is 6.42 Å². The second-order valence-electron chi connectivity index (χ2n) is 6.91. The molecule has 30 heavy (non-hydrogen) atoms. The van der Waals surface area contributed by atoms with E-state index in [0.717, 1.165) is 36.8 Å². The van der Waals surface area contributed by atoms with Crippen molar-refractivity contribution in [3.05, 3.63) is 59.2 Å². The van der Waals surface area contributed by atoms with E-state index in [-0.39, 0.29) is 11.7 Å². The zero-order chi connectivity index (χ0) is 21.8. The Kier molecular flexibility index (Phi) is 9.51. The van der Waals surface area contributed by atoms with Crippen molar-refractivity contribution < 1.29 is 14.6 Å². The molecule has 2 aromatic carbocycles. The molecule has 0 unspecified atom stereocenters. The van der Waals surface area contributed by atoms with Gasteiger partial charge in [-0.3, -0.25) is 9.79 Å². The average Bonchev–Trinajstić information content (AvgIpc) is 2.73. The van der Waals surface area contributed by atoms with Gasteiger partial charge in [-0.2, -0.15) is 0 Å². The highest BCUT2D eigenvalue weighted by atomic mass is 16.5. The van der Waals surface area contributed by atoms with Gasteiger partial charge in [-0.1, -0.05) is 23.8 Å². The van der Waals surface area contributed by atoms with Crippen molar-refractivity contribution in [2.24, 2.45) is 4.99 Å². The minimum atomic E-state index is -0.202. The number of ether oxygens (including phenoxy) is 1.